The van der Waals surface area contributed by atoms with Crippen molar-refractivity contribution in [2.45, 2.75) is 6.92 Å². The molecule has 0 unspecified atom stereocenters. The van der Waals surface area contributed by atoms with Crippen LogP contribution in [-0.2, 0) is 0 Å². The Morgan fingerprint density at radius 2 is 1.90 bits per heavy atom. The molecule has 0 saturated heterocycles. The first-order chi connectivity index (χ1) is 9.58. The lowest BCUT2D eigenvalue weighted by atomic mass is 10.1. The summed E-state index contributed by atoms with van der Waals surface area (Å²) in [5.41, 5.74) is 5.87. The highest BCUT2D eigenvalue weighted by Gasteiger charge is 2.05. The number of aromatic nitrogens is 1. The number of aromatic amines is 1. The lowest BCUT2D eigenvalue weighted by molar-refractivity contribution is 0.0950. The number of anilines is 1. The van der Waals surface area contributed by atoms with Crippen molar-refractivity contribution in [2.24, 2.45) is 5.10 Å². The van der Waals surface area contributed by atoms with Gasteiger partial charge in [-0.05, 0) is 36.8 Å². The minimum Gasteiger partial charge on any atom is -0.378 e. The number of H-pyrrole nitrogens is 1. The quantitative estimate of drug-likeness (QED) is 0.661. The summed E-state index contributed by atoms with van der Waals surface area (Å²) in [5.74, 6) is -0.251. The first-order valence-electron chi connectivity index (χ1n) is 6.33. The topological polar surface area (TPSA) is 60.5 Å². The van der Waals surface area contributed by atoms with E-state index in [0.29, 0.717) is 5.69 Å². The Bertz CT molecular complexity index is 597. The summed E-state index contributed by atoms with van der Waals surface area (Å²) in [7, 11) is 3.99. The van der Waals surface area contributed by atoms with Crippen molar-refractivity contribution in [3.63, 3.8) is 0 Å². The Labute approximate surface area is 118 Å². The minimum atomic E-state index is -0.251. The molecule has 5 nitrogen and oxygen atoms in total. The van der Waals surface area contributed by atoms with Gasteiger partial charge in [0.2, 0.25) is 0 Å². The van der Waals surface area contributed by atoms with Crippen molar-refractivity contribution < 1.29 is 4.79 Å². The van der Waals surface area contributed by atoms with Crippen molar-refractivity contribution in [3.8, 4) is 0 Å². The summed E-state index contributed by atoms with van der Waals surface area (Å²) in [6.07, 6.45) is 1.70. The van der Waals surface area contributed by atoms with E-state index >= 15 is 0 Å². The zero-order chi connectivity index (χ0) is 14.5. The molecular weight excluding hydrogens is 252 g/mol. The molecule has 1 heterocycles. The molecule has 0 aliphatic carbocycles. The van der Waals surface area contributed by atoms with E-state index in [2.05, 4.69) is 15.5 Å². The van der Waals surface area contributed by atoms with Crippen molar-refractivity contribution in [2.75, 3.05) is 19.0 Å². The highest BCUT2D eigenvalue weighted by atomic mass is 16.2. The normalized spacial score (nSPS) is 11.2. The molecule has 0 atom stereocenters. The summed E-state index contributed by atoms with van der Waals surface area (Å²) in [6, 6.07) is 11.5. The molecule has 20 heavy (non-hydrogen) atoms. The van der Waals surface area contributed by atoms with Gasteiger partial charge in [-0.15, -0.1) is 0 Å². The maximum Gasteiger partial charge on any atom is 0.287 e. The van der Waals surface area contributed by atoms with E-state index in [1.807, 2.05) is 50.2 Å². The molecule has 1 aromatic heterocycles. The molecule has 0 bridgehead atoms. The number of hydrogen-bond acceptors (Lipinski definition) is 3. The van der Waals surface area contributed by atoms with Crippen LogP contribution in [0.5, 0.6) is 0 Å². The van der Waals surface area contributed by atoms with Crippen molar-refractivity contribution in [1.82, 2.24) is 10.4 Å². The number of nitrogens with zero attached hydrogens (tertiary/aromatic N) is 2. The molecule has 104 valence electrons. The molecule has 0 aliphatic rings. The minimum absolute atomic E-state index is 0.251. The van der Waals surface area contributed by atoms with Gasteiger partial charge in [0.05, 0.1) is 5.71 Å². The average Bonchev–Trinajstić information content (AvgIpc) is 2.98. The zero-order valence-electron chi connectivity index (χ0n) is 11.8. The van der Waals surface area contributed by atoms with E-state index in [9.17, 15) is 4.79 Å². The summed E-state index contributed by atoms with van der Waals surface area (Å²) in [6.45, 7) is 1.86. The van der Waals surface area contributed by atoms with E-state index in [1.165, 1.54) is 0 Å². The predicted octanol–water partition coefficient (Wildman–Crippen LogP) is 2.23. The van der Waals surface area contributed by atoms with Gasteiger partial charge < -0.3 is 9.88 Å². The maximum atomic E-state index is 11.7. The van der Waals surface area contributed by atoms with E-state index in [-0.39, 0.29) is 5.91 Å². The Kier molecular flexibility index (Phi) is 4.20. The number of carbonyl (C=O) groups is 1. The van der Waals surface area contributed by atoms with Crippen LogP contribution in [-0.4, -0.2) is 30.7 Å². The molecule has 0 spiro atoms. The van der Waals surface area contributed by atoms with Gasteiger partial charge in [0.15, 0.2) is 0 Å². The van der Waals surface area contributed by atoms with Crippen molar-refractivity contribution in [1.29, 1.82) is 0 Å². The Balaban J connectivity index is 2.05. The lowest BCUT2D eigenvalue weighted by Gasteiger charge is -2.12. The smallest absolute Gasteiger partial charge is 0.287 e. The van der Waals surface area contributed by atoms with Crippen LogP contribution in [0.2, 0.25) is 0 Å². The van der Waals surface area contributed by atoms with E-state index in [0.717, 1.165) is 17.0 Å². The highest BCUT2D eigenvalue weighted by Crippen LogP contribution is 2.12. The van der Waals surface area contributed by atoms with Gasteiger partial charge in [0.1, 0.15) is 5.69 Å². The number of hydrazone groups is 1. The van der Waals surface area contributed by atoms with Crippen LogP contribution < -0.4 is 10.3 Å². The summed E-state index contributed by atoms with van der Waals surface area (Å²) in [4.78, 5) is 16.6. The molecular formula is C15H18N4O. The second kappa shape index (κ2) is 6.06. The average molecular weight is 270 g/mol. The lowest BCUT2D eigenvalue weighted by Crippen LogP contribution is -2.19. The molecule has 2 aromatic rings. The molecule has 0 radical (unpaired) electrons. The van der Waals surface area contributed by atoms with Crippen molar-refractivity contribution >= 4 is 17.3 Å². The van der Waals surface area contributed by atoms with Crippen LogP contribution in [0.3, 0.4) is 0 Å². The fourth-order valence-corrected chi connectivity index (χ4v) is 1.73. The summed E-state index contributed by atoms with van der Waals surface area (Å²) in [5, 5.41) is 4.11. The van der Waals surface area contributed by atoms with Gasteiger partial charge in [-0.1, -0.05) is 12.1 Å². The molecule has 5 heteroatoms. The number of benzene rings is 1. The molecule has 2 N–H and O–H groups in total. The largest absolute Gasteiger partial charge is 0.378 e. The SMILES string of the molecule is C/C(=N/NC(=O)c1ccc[nH]1)c1ccc(N(C)C)cc1. The van der Waals surface area contributed by atoms with Crippen LogP contribution in [0, 0.1) is 0 Å². The van der Waals surface area contributed by atoms with Gasteiger partial charge in [-0.3, -0.25) is 4.79 Å². The third-order valence-electron chi connectivity index (χ3n) is 2.97. The number of nitrogens with one attached hydrogen (secondary N) is 2. The zero-order valence-corrected chi connectivity index (χ0v) is 11.8. The van der Waals surface area contributed by atoms with Gasteiger partial charge in [0, 0.05) is 26.0 Å². The van der Waals surface area contributed by atoms with Crippen LogP contribution in [0.1, 0.15) is 23.0 Å². The Morgan fingerprint density at radius 3 is 2.45 bits per heavy atom. The van der Waals surface area contributed by atoms with Gasteiger partial charge in [-0.2, -0.15) is 5.10 Å². The number of carbonyl (C=O) groups excluding carboxylic acids is 1. The third kappa shape index (κ3) is 3.26. The second-order valence-corrected chi connectivity index (χ2v) is 4.66. The van der Waals surface area contributed by atoms with E-state index < -0.39 is 0 Å². The number of hydrogen-bond donors (Lipinski definition) is 2. The molecule has 0 fully saturated rings. The van der Waals surface area contributed by atoms with Gasteiger partial charge >= 0.3 is 0 Å². The van der Waals surface area contributed by atoms with Gasteiger partial charge in [-0.25, -0.2) is 5.43 Å². The van der Waals surface area contributed by atoms with E-state index in [4.69, 9.17) is 0 Å². The number of amides is 1. The second-order valence-electron chi connectivity index (χ2n) is 4.66. The fraction of sp³-hybridized carbons (Fsp3) is 0.200. The summed E-state index contributed by atoms with van der Waals surface area (Å²) >= 11 is 0. The fourth-order valence-electron chi connectivity index (χ4n) is 1.73. The van der Waals surface area contributed by atoms with Crippen LogP contribution >= 0.6 is 0 Å². The number of rotatable bonds is 4. The van der Waals surface area contributed by atoms with Crippen LogP contribution in [0.4, 0.5) is 5.69 Å². The van der Waals surface area contributed by atoms with Crippen LogP contribution in [0.15, 0.2) is 47.7 Å². The monoisotopic (exact) mass is 270 g/mol. The third-order valence-corrected chi connectivity index (χ3v) is 2.97. The Morgan fingerprint density at radius 1 is 1.20 bits per heavy atom. The maximum absolute atomic E-state index is 11.7. The highest BCUT2D eigenvalue weighted by molar-refractivity contribution is 6.00. The Hall–Kier alpha value is -2.56. The first kappa shape index (κ1) is 13.9. The first-order valence-corrected chi connectivity index (χ1v) is 6.33. The van der Waals surface area contributed by atoms with Gasteiger partial charge in [0.25, 0.3) is 5.91 Å². The molecule has 0 saturated carbocycles. The molecule has 1 amide bonds. The standard InChI is InChI=1S/C15H18N4O/c1-11(12-6-8-13(9-7-12)19(2)3)17-18-15(20)14-5-4-10-16-14/h4-10,16H,1-3H3,(H,18,20)/b17-11-. The summed E-state index contributed by atoms with van der Waals surface area (Å²) < 4.78 is 0. The molecule has 2 rings (SSSR count). The molecule has 1 aromatic carbocycles. The predicted molar refractivity (Wildman–Crippen MR) is 81.2 cm³/mol. The van der Waals surface area contributed by atoms with Crippen molar-refractivity contribution in [3.05, 3.63) is 53.9 Å². The van der Waals surface area contributed by atoms with E-state index in [1.54, 1.807) is 18.3 Å². The van der Waals surface area contributed by atoms with Crippen LogP contribution in [0.25, 0.3) is 0 Å². The molecule has 0 aliphatic heterocycles.